The maximum Gasteiger partial charge on any atom is 0.119 e. The second-order valence-electron chi connectivity index (χ2n) is 2.84. The number of ether oxygens (including phenoxy) is 1. The minimum absolute atomic E-state index is 0.532. The van der Waals surface area contributed by atoms with E-state index in [-0.39, 0.29) is 0 Å². The summed E-state index contributed by atoms with van der Waals surface area (Å²) in [5, 5.41) is 3.38. The topological polar surface area (TPSA) is 21.3 Å². The molecule has 1 heterocycles. The van der Waals surface area contributed by atoms with Gasteiger partial charge in [0.2, 0.25) is 0 Å². The number of methoxy groups -OCH3 is 1. The first-order valence-corrected chi connectivity index (χ1v) is 5.11. The lowest BCUT2D eigenvalue weighted by Gasteiger charge is -2.02. The Labute approximate surface area is 85.4 Å². The molecule has 1 aliphatic heterocycles. The zero-order valence-corrected chi connectivity index (χ0v) is 8.96. The molecule has 3 heteroatoms. The van der Waals surface area contributed by atoms with Crippen molar-refractivity contribution < 1.29 is 4.74 Å². The summed E-state index contributed by atoms with van der Waals surface area (Å²) in [4.78, 5) is 0. The van der Waals surface area contributed by atoms with Crippen LogP contribution in [0.5, 0.6) is 5.75 Å². The van der Waals surface area contributed by atoms with E-state index in [1.54, 1.807) is 7.11 Å². The highest BCUT2D eigenvalue weighted by atomic mass is 127. The first-order chi connectivity index (χ1) is 5.79. The number of nitrogens with one attached hydrogen (secondary N) is 1. The van der Waals surface area contributed by atoms with Crippen LogP contribution >= 0.6 is 22.6 Å². The summed E-state index contributed by atoms with van der Waals surface area (Å²) in [5.41, 5.74) is 2.60. The maximum atomic E-state index is 5.14. The Bertz CT molecular complexity index is 301. The van der Waals surface area contributed by atoms with Gasteiger partial charge in [-0.25, -0.2) is 0 Å². The van der Waals surface area contributed by atoms with Crippen LogP contribution in [-0.2, 0) is 6.42 Å². The van der Waals surface area contributed by atoms with Crippen LogP contribution in [-0.4, -0.2) is 11.2 Å². The third-order valence-corrected chi connectivity index (χ3v) is 2.78. The molecule has 0 bridgehead atoms. The van der Waals surface area contributed by atoms with E-state index in [1.807, 2.05) is 6.07 Å². The molecule has 1 aromatic rings. The van der Waals surface area contributed by atoms with Gasteiger partial charge in [0, 0.05) is 12.1 Å². The predicted octanol–water partition coefficient (Wildman–Crippen LogP) is 2.42. The molecule has 1 aromatic carbocycles. The maximum absolute atomic E-state index is 5.14. The number of halogens is 1. The van der Waals surface area contributed by atoms with Crippen molar-refractivity contribution in [3.63, 3.8) is 0 Å². The van der Waals surface area contributed by atoms with Crippen molar-refractivity contribution in [3.8, 4) is 5.75 Å². The van der Waals surface area contributed by atoms with Crippen LogP contribution in [0.2, 0.25) is 0 Å². The smallest absolute Gasteiger partial charge is 0.119 e. The van der Waals surface area contributed by atoms with Gasteiger partial charge in [-0.1, -0.05) is 22.6 Å². The van der Waals surface area contributed by atoms with E-state index in [9.17, 15) is 0 Å². The monoisotopic (exact) mass is 275 g/mol. The van der Waals surface area contributed by atoms with Crippen molar-refractivity contribution in [2.45, 2.75) is 10.5 Å². The lowest BCUT2D eigenvalue weighted by Crippen LogP contribution is -2.03. The number of hydrogen-bond acceptors (Lipinski definition) is 2. The van der Waals surface area contributed by atoms with Gasteiger partial charge in [-0.2, -0.15) is 0 Å². The number of fused-ring (bicyclic) bond motifs is 1. The molecule has 0 aliphatic carbocycles. The molecule has 2 nitrogen and oxygen atoms in total. The molecule has 1 aliphatic rings. The van der Waals surface area contributed by atoms with E-state index in [4.69, 9.17) is 4.74 Å². The molecule has 0 saturated carbocycles. The van der Waals surface area contributed by atoms with Gasteiger partial charge in [0.25, 0.3) is 0 Å². The van der Waals surface area contributed by atoms with E-state index in [0.717, 1.165) is 12.2 Å². The number of benzene rings is 1. The van der Waals surface area contributed by atoms with Crippen molar-refractivity contribution >= 4 is 28.3 Å². The fourth-order valence-electron chi connectivity index (χ4n) is 1.42. The molecule has 1 N–H and O–H groups in total. The molecule has 0 spiro atoms. The predicted molar refractivity (Wildman–Crippen MR) is 58.1 cm³/mol. The third-order valence-electron chi connectivity index (χ3n) is 2.02. The zero-order valence-electron chi connectivity index (χ0n) is 6.80. The normalized spacial score (nSPS) is 20.0. The molecule has 0 saturated heterocycles. The van der Waals surface area contributed by atoms with Crippen molar-refractivity contribution in [3.05, 3.63) is 23.8 Å². The highest BCUT2D eigenvalue weighted by Crippen LogP contribution is 2.31. The van der Waals surface area contributed by atoms with Crippen LogP contribution in [0, 0.1) is 0 Å². The van der Waals surface area contributed by atoms with E-state index >= 15 is 0 Å². The van der Waals surface area contributed by atoms with Crippen molar-refractivity contribution in [2.75, 3.05) is 12.4 Å². The Kier molecular flexibility index (Phi) is 2.12. The molecule has 1 atom stereocenters. The highest BCUT2D eigenvalue weighted by molar-refractivity contribution is 14.1. The Morgan fingerprint density at radius 1 is 1.58 bits per heavy atom. The lowest BCUT2D eigenvalue weighted by atomic mass is 10.1. The molecule has 64 valence electrons. The number of rotatable bonds is 1. The Balaban J connectivity index is 2.35. The van der Waals surface area contributed by atoms with Gasteiger partial charge < -0.3 is 10.1 Å². The van der Waals surface area contributed by atoms with Gasteiger partial charge in [0.1, 0.15) is 5.75 Å². The Morgan fingerprint density at radius 3 is 3.17 bits per heavy atom. The Hall–Kier alpha value is -0.450. The zero-order chi connectivity index (χ0) is 8.55. The second-order valence-corrected chi connectivity index (χ2v) is 4.34. The van der Waals surface area contributed by atoms with Gasteiger partial charge >= 0.3 is 0 Å². The van der Waals surface area contributed by atoms with Gasteiger partial charge in [0.05, 0.1) is 11.2 Å². The molecular formula is C9H10INO. The SMILES string of the molecule is COc1ccc2c(c1)CC(I)N2. The standard InChI is InChI=1S/C9H10INO/c1-12-7-2-3-8-6(4-7)5-9(10)11-8/h2-4,9,11H,5H2,1H3. The molecule has 0 amide bonds. The van der Waals surface area contributed by atoms with E-state index in [0.29, 0.717) is 4.05 Å². The van der Waals surface area contributed by atoms with Gasteiger partial charge in [-0.3, -0.25) is 0 Å². The molecule has 0 radical (unpaired) electrons. The fourth-order valence-corrected chi connectivity index (χ4v) is 2.23. The summed E-state index contributed by atoms with van der Waals surface area (Å²) in [6.45, 7) is 0. The molecule has 12 heavy (non-hydrogen) atoms. The van der Waals surface area contributed by atoms with Crippen LogP contribution in [0.1, 0.15) is 5.56 Å². The Morgan fingerprint density at radius 2 is 2.42 bits per heavy atom. The third kappa shape index (κ3) is 1.37. The quantitative estimate of drug-likeness (QED) is 0.483. The largest absolute Gasteiger partial charge is 0.497 e. The van der Waals surface area contributed by atoms with Gasteiger partial charge in [-0.05, 0) is 23.8 Å². The van der Waals surface area contributed by atoms with Crippen LogP contribution in [0.4, 0.5) is 5.69 Å². The van der Waals surface area contributed by atoms with Crippen LogP contribution in [0.15, 0.2) is 18.2 Å². The number of anilines is 1. The van der Waals surface area contributed by atoms with Gasteiger partial charge in [-0.15, -0.1) is 0 Å². The second kappa shape index (κ2) is 3.12. The minimum Gasteiger partial charge on any atom is -0.497 e. The van der Waals surface area contributed by atoms with Crippen molar-refractivity contribution in [1.29, 1.82) is 0 Å². The number of alkyl halides is 1. The van der Waals surface area contributed by atoms with Crippen molar-refractivity contribution in [1.82, 2.24) is 0 Å². The first kappa shape index (κ1) is 8.16. The average Bonchev–Trinajstić information content (AvgIpc) is 2.43. The molecule has 1 unspecified atom stereocenters. The molecular weight excluding hydrogens is 265 g/mol. The van der Waals surface area contributed by atoms with E-state index in [1.165, 1.54) is 11.3 Å². The van der Waals surface area contributed by atoms with Crippen LogP contribution in [0.25, 0.3) is 0 Å². The number of hydrogen-bond donors (Lipinski definition) is 1. The molecule has 0 fully saturated rings. The molecule has 0 aromatic heterocycles. The lowest BCUT2D eigenvalue weighted by molar-refractivity contribution is 0.414. The van der Waals surface area contributed by atoms with Gasteiger partial charge in [0.15, 0.2) is 0 Å². The fraction of sp³-hybridized carbons (Fsp3) is 0.333. The summed E-state index contributed by atoms with van der Waals surface area (Å²) in [5.74, 6) is 0.945. The summed E-state index contributed by atoms with van der Waals surface area (Å²) >= 11 is 2.40. The summed E-state index contributed by atoms with van der Waals surface area (Å²) in [6, 6.07) is 6.16. The van der Waals surface area contributed by atoms with Crippen molar-refractivity contribution in [2.24, 2.45) is 0 Å². The summed E-state index contributed by atoms with van der Waals surface area (Å²) < 4.78 is 5.68. The van der Waals surface area contributed by atoms with Crippen LogP contribution < -0.4 is 10.1 Å². The van der Waals surface area contributed by atoms with E-state index < -0.39 is 0 Å². The highest BCUT2D eigenvalue weighted by Gasteiger charge is 2.17. The summed E-state index contributed by atoms with van der Waals surface area (Å²) in [7, 11) is 1.70. The van der Waals surface area contributed by atoms with E-state index in [2.05, 4.69) is 40.0 Å². The average molecular weight is 275 g/mol. The summed E-state index contributed by atoms with van der Waals surface area (Å²) in [6.07, 6.45) is 1.09. The first-order valence-electron chi connectivity index (χ1n) is 3.87. The minimum atomic E-state index is 0.532. The van der Waals surface area contributed by atoms with Crippen LogP contribution in [0.3, 0.4) is 0 Å². The molecule has 2 rings (SSSR count).